The fourth-order valence-corrected chi connectivity index (χ4v) is 6.05. The van der Waals surface area contributed by atoms with Gasteiger partial charge in [-0.15, -0.1) is 0 Å². The van der Waals surface area contributed by atoms with Gasteiger partial charge in [0.05, 0.1) is 35.3 Å². The van der Waals surface area contributed by atoms with Crippen molar-refractivity contribution in [2.24, 2.45) is 5.92 Å². The average Bonchev–Trinajstić information content (AvgIpc) is 3.33. The van der Waals surface area contributed by atoms with E-state index in [1.807, 2.05) is 28.6 Å². The molecule has 3 aromatic rings. The van der Waals surface area contributed by atoms with E-state index in [-0.39, 0.29) is 11.5 Å². The third kappa shape index (κ3) is 4.45. The Morgan fingerprint density at radius 2 is 1.94 bits per heavy atom. The topological polar surface area (TPSA) is 83.5 Å². The molecule has 1 amide bonds. The Morgan fingerprint density at radius 1 is 1.14 bits per heavy atom. The average molecular weight is 492 g/mol. The van der Waals surface area contributed by atoms with E-state index in [0.29, 0.717) is 36.1 Å². The first kappa shape index (κ1) is 23.7. The minimum absolute atomic E-state index is 0.0668. The second-order valence-electron chi connectivity index (χ2n) is 11.1. The van der Waals surface area contributed by atoms with Gasteiger partial charge in [0.2, 0.25) is 0 Å². The van der Waals surface area contributed by atoms with Crippen LogP contribution >= 0.6 is 0 Å². The molecule has 3 fully saturated rings. The van der Waals surface area contributed by atoms with Crippen LogP contribution in [0.2, 0.25) is 0 Å². The number of hydrogen-bond donors (Lipinski definition) is 1. The lowest BCUT2D eigenvalue weighted by molar-refractivity contribution is 0.0361. The standard InChI is InChI=1S/C28H37N5O3/c1-18-13-25-23(26-24(27(34)30-25)15-29-33(26)21-5-3-4-6-21)14-22(18)28(35)32-10-9-31(19(2)16-32)11-12-36-17-20-7-8-20/h13-15,19-21H,3-12,16-17H2,1-2H3,(H,30,34)/t19-/m0/s1. The molecule has 3 aliphatic rings. The van der Waals surface area contributed by atoms with Crippen molar-refractivity contribution in [2.75, 3.05) is 39.4 Å². The number of aromatic amines is 1. The molecule has 2 aliphatic carbocycles. The van der Waals surface area contributed by atoms with Gasteiger partial charge in [-0.2, -0.15) is 5.10 Å². The van der Waals surface area contributed by atoms with Crippen molar-refractivity contribution in [1.82, 2.24) is 24.6 Å². The number of benzene rings is 1. The van der Waals surface area contributed by atoms with Crippen molar-refractivity contribution in [3.63, 3.8) is 0 Å². The fraction of sp³-hybridized carbons (Fsp3) is 0.607. The summed E-state index contributed by atoms with van der Waals surface area (Å²) in [7, 11) is 0. The summed E-state index contributed by atoms with van der Waals surface area (Å²) in [6, 6.07) is 4.54. The van der Waals surface area contributed by atoms with E-state index < -0.39 is 0 Å². The lowest BCUT2D eigenvalue weighted by Gasteiger charge is -2.40. The van der Waals surface area contributed by atoms with Crippen molar-refractivity contribution in [2.45, 2.75) is 64.5 Å². The summed E-state index contributed by atoms with van der Waals surface area (Å²) in [4.78, 5) is 34.0. The molecule has 1 aromatic carbocycles. The number of amides is 1. The minimum atomic E-state index is -0.119. The van der Waals surface area contributed by atoms with Gasteiger partial charge in [0.1, 0.15) is 0 Å². The van der Waals surface area contributed by atoms with Crippen LogP contribution in [0.25, 0.3) is 21.8 Å². The first-order valence-electron chi connectivity index (χ1n) is 13.6. The van der Waals surface area contributed by atoms with Gasteiger partial charge in [-0.1, -0.05) is 12.8 Å². The second-order valence-corrected chi connectivity index (χ2v) is 11.1. The summed E-state index contributed by atoms with van der Waals surface area (Å²) in [5.41, 5.74) is 3.11. The molecule has 8 nitrogen and oxygen atoms in total. The molecule has 1 atom stereocenters. The highest BCUT2D eigenvalue weighted by molar-refractivity contribution is 6.07. The van der Waals surface area contributed by atoms with Crippen LogP contribution in [-0.4, -0.2) is 75.9 Å². The number of nitrogens with zero attached hydrogens (tertiary/aromatic N) is 4. The molecule has 0 bridgehead atoms. The number of fused-ring (bicyclic) bond motifs is 3. The zero-order valence-corrected chi connectivity index (χ0v) is 21.5. The Bertz CT molecular complexity index is 1330. The number of pyridine rings is 1. The van der Waals surface area contributed by atoms with Gasteiger partial charge in [0.15, 0.2) is 0 Å². The summed E-state index contributed by atoms with van der Waals surface area (Å²) < 4.78 is 7.88. The van der Waals surface area contributed by atoms with Gasteiger partial charge in [0, 0.05) is 49.8 Å². The van der Waals surface area contributed by atoms with Crippen LogP contribution in [0.5, 0.6) is 0 Å². The highest BCUT2D eigenvalue weighted by Crippen LogP contribution is 2.34. The van der Waals surface area contributed by atoms with Crippen molar-refractivity contribution in [3.8, 4) is 0 Å². The van der Waals surface area contributed by atoms with E-state index in [1.54, 1.807) is 6.20 Å². The first-order valence-corrected chi connectivity index (χ1v) is 13.6. The lowest BCUT2D eigenvalue weighted by atomic mass is 10.0. The molecule has 0 spiro atoms. The van der Waals surface area contributed by atoms with Crippen LogP contribution in [0, 0.1) is 12.8 Å². The summed E-state index contributed by atoms with van der Waals surface area (Å²) in [6.45, 7) is 9.01. The van der Waals surface area contributed by atoms with Gasteiger partial charge >= 0.3 is 0 Å². The number of H-pyrrole nitrogens is 1. The molecule has 2 saturated carbocycles. The SMILES string of the molecule is Cc1cc2[nH]c(=O)c3cnn(C4CCCC4)c3c2cc1C(=O)N1CCN(CCOCC2CC2)[C@@H](C)C1. The van der Waals surface area contributed by atoms with Gasteiger partial charge in [0.25, 0.3) is 11.5 Å². The Labute approximate surface area is 211 Å². The number of piperazine rings is 1. The van der Waals surface area contributed by atoms with Crippen LogP contribution in [0.3, 0.4) is 0 Å². The van der Waals surface area contributed by atoms with Crippen LogP contribution < -0.4 is 5.56 Å². The summed E-state index contributed by atoms with van der Waals surface area (Å²) in [6.07, 6.45) is 8.85. The van der Waals surface area contributed by atoms with Crippen molar-refractivity contribution < 1.29 is 9.53 Å². The van der Waals surface area contributed by atoms with Crippen molar-refractivity contribution >= 4 is 27.7 Å². The van der Waals surface area contributed by atoms with E-state index in [9.17, 15) is 9.59 Å². The van der Waals surface area contributed by atoms with E-state index in [2.05, 4.69) is 21.9 Å². The summed E-state index contributed by atoms with van der Waals surface area (Å²) in [5.74, 6) is 0.857. The van der Waals surface area contributed by atoms with Crippen LogP contribution in [0.1, 0.15) is 67.4 Å². The number of nitrogens with one attached hydrogen (secondary N) is 1. The highest BCUT2D eigenvalue weighted by Gasteiger charge is 2.29. The maximum atomic E-state index is 13.7. The normalized spacial score (nSPS) is 21.7. The first-order chi connectivity index (χ1) is 17.5. The zero-order chi connectivity index (χ0) is 24.8. The van der Waals surface area contributed by atoms with E-state index >= 15 is 0 Å². The molecule has 1 aliphatic heterocycles. The number of ether oxygens (including phenoxy) is 1. The molecule has 0 unspecified atom stereocenters. The predicted octanol–water partition coefficient (Wildman–Crippen LogP) is 3.87. The van der Waals surface area contributed by atoms with E-state index in [4.69, 9.17) is 4.74 Å². The number of rotatable bonds is 7. The van der Waals surface area contributed by atoms with Crippen molar-refractivity contribution in [3.05, 3.63) is 39.8 Å². The van der Waals surface area contributed by atoms with Gasteiger partial charge in [-0.05, 0) is 63.1 Å². The summed E-state index contributed by atoms with van der Waals surface area (Å²) in [5, 5.41) is 6.13. The lowest BCUT2D eigenvalue weighted by Crippen LogP contribution is -2.54. The molecule has 1 saturated heterocycles. The molecular formula is C28H37N5O3. The molecule has 8 heteroatoms. The maximum Gasteiger partial charge on any atom is 0.259 e. The largest absolute Gasteiger partial charge is 0.380 e. The Morgan fingerprint density at radius 3 is 2.69 bits per heavy atom. The number of hydrogen-bond acceptors (Lipinski definition) is 5. The number of carbonyl (C=O) groups excluding carboxylic acids is 1. The Balaban J connectivity index is 1.24. The van der Waals surface area contributed by atoms with Gasteiger partial charge in [-0.3, -0.25) is 19.2 Å². The van der Waals surface area contributed by atoms with Crippen molar-refractivity contribution in [1.29, 1.82) is 0 Å². The molecular weight excluding hydrogens is 454 g/mol. The van der Waals surface area contributed by atoms with Gasteiger partial charge < -0.3 is 14.6 Å². The molecule has 6 rings (SSSR count). The van der Waals surface area contributed by atoms with E-state index in [1.165, 1.54) is 25.7 Å². The number of aryl methyl sites for hydroxylation is 1. The molecule has 0 radical (unpaired) electrons. The highest BCUT2D eigenvalue weighted by atomic mass is 16.5. The molecule has 192 valence electrons. The number of carbonyl (C=O) groups is 1. The van der Waals surface area contributed by atoms with Crippen LogP contribution in [0.15, 0.2) is 23.1 Å². The summed E-state index contributed by atoms with van der Waals surface area (Å²) >= 11 is 0. The van der Waals surface area contributed by atoms with Crippen LogP contribution in [-0.2, 0) is 4.74 Å². The Kier molecular flexibility index (Phi) is 6.33. The van der Waals surface area contributed by atoms with Gasteiger partial charge in [-0.25, -0.2) is 0 Å². The molecule has 3 heterocycles. The quantitative estimate of drug-likeness (QED) is 0.507. The van der Waals surface area contributed by atoms with E-state index in [0.717, 1.165) is 67.0 Å². The molecule has 2 aromatic heterocycles. The monoisotopic (exact) mass is 491 g/mol. The fourth-order valence-electron chi connectivity index (χ4n) is 6.05. The molecule has 36 heavy (non-hydrogen) atoms. The molecule has 1 N–H and O–H groups in total. The maximum absolute atomic E-state index is 13.7. The second kappa shape index (κ2) is 9.63. The smallest absolute Gasteiger partial charge is 0.259 e. The number of aromatic nitrogens is 3. The minimum Gasteiger partial charge on any atom is -0.380 e. The predicted molar refractivity (Wildman–Crippen MR) is 141 cm³/mol. The zero-order valence-electron chi connectivity index (χ0n) is 21.5. The third-order valence-electron chi connectivity index (χ3n) is 8.43. The van der Waals surface area contributed by atoms with Crippen LogP contribution in [0.4, 0.5) is 0 Å². The third-order valence-corrected chi connectivity index (χ3v) is 8.43. The Hall–Kier alpha value is -2.71.